The van der Waals surface area contributed by atoms with E-state index in [1.807, 2.05) is 0 Å². The van der Waals surface area contributed by atoms with Gasteiger partial charge in [0.2, 0.25) is 0 Å². The maximum Gasteiger partial charge on any atom is 0.101 e. The van der Waals surface area contributed by atoms with Crippen LogP contribution >= 0.6 is 0 Å². The summed E-state index contributed by atoms with van der Waals surface area (Å²) < 4.78 is 11.3. The third-order valence-electron chi connectivity index (χ3n) is 4.27. The Labute approximate surface area is 116 Å². The van der Waals surface area contributed by atoms with Crippen molar-refractivity contribution in [3.63, 3.8) is 0 Å². The molecule has 108 valence electrons. The predicted molar refractivity (Wildman–Crippen MR) is 75.9 cm³/mol. The molecule has 0 bridgehead atoms. The van der Waals surface area contributed by atoms with Crippen LogP contribution in [0.15, 0.2) is 23.8 Å². The molecule has 0 amide bonds. The fourth-order valence-corrected chi connectivity index (χ4v) is 3.15. The van der Waals surface area contributed by atoms with E-state index in [-0.39, 0.29) is 23.7 Å². The zero-order valence-corrected chi connectivity index (χ0v) is 12.4. The molecule has 1 aliphatic heterocycles. The van der Waals surface area contributed by atoms with Crippen LogP contribution in [0, 0.1) is 11.8 Å². The molecule has 1 aliphatic carbocycles. The summed E-state index contributed by atoms with van der Waals surface area (Å²) in [5.74, 6) is 0.711. The van der Waals surface area contributed by atoms with E-state index in [0.717, 1.165) is 19.4 Å². The summed E-state index contributed by atoms with van der Waals surface area (Å²) in [5.41, 5.74) is 1.16. The van der Waals surface area contributed by atoms with Crippen LogP contribution in [0.4, 0.5) is 0 Å². The molecule has 2 aliphatic rings. The number of ether oxygens (including phenoxy) is 2. The van der Waals surface area contributed by atoms with Gasteiger partial charge >= 0.3 is 0 Å². The molecule has 0 aromatic heterocycles. The second-order valence-corrected chi connectivity index (χ2v) is 6.18. The first-order valence-corrected chi connectivity index (χ1v) is 7.20. The monoisotopic (exact) mass is 266 g/mol. The number of rotatable bonds is 4. The molecule has 1 spiro atoms. The van der Waals surface area contributed by atoms with Crippen LogP contribution in [0.3, 0.4) is 0 Å². The smallest absolute Gasteiger partial charge is 0.101 e. The van der Waals surface area contributed by atoms with Gasteiger partial charge in [-0.05, 0) is 25.7 Å². The third kappa shape index (κ3) is 3.10. The summed E-state index contributed by atoms with van der Waals surface area (Å²) in [6, 6.07) is 0. The first kappa shape index (κ1) is 14.8. The minimum atomic E-state index is -0.387. The van der Waals surface area contributed by atoms with Crippen molar-refractivity contribution in [2.45, 2.75) is 51.4 Å². The predicted octanol–water partition coefficient (Wildman–Crippen LogP) is 2.70. The highest BCUT2D eigenvalue weighted by Gasteiger charge is 2.58. The summed E-state index contributed by atoms with van der Waals surface area (Å²) in [7, 11) is 1.68. The topological polar surface area (TPSA) is 42.0 Å². The molecule has 0 aromatic carbocycles. The van der Waals surface area contributed by atoms with Gasteiger partial charge in [0.15, 0.2) is 0 Å². The lowest BCUT2D eigenvalue weighted by Gasteiger charge is -2.39. The zero-order chi connectivity index (χ0) is 14.0. The van der Waals surface area contributed by atoms with Crippen molar-refractivity contribution in [3.05, 3.63) is 23.8 Å². The first-order valence-electron chi connectivity index (χ1n) is 7.20. The van der Waals surface area contributed by atoms with Crippen LogP contribution in [-0.2, 0) is 9.47 Å². The normalized spacial score (nSPS) is 39.5. The highest BCUT2D eigenvalue weighted by molar-refractivity contribution is 5.24. The molecule has 0 aromatic rings. The second kappa shape index (κ2) is 5.78. The van der Waals surface area contributed by atoms with Crippen molar-refractivity contribution in [3.8, 4) is 0 Å². The standard InChI is InChI=1S/C16H26O3/c1-11(2)6-5-7-12(3)14-15(18-4)13(17)8-9-16(14)10-19-16/h5-7,11,13-15,17H,8-10H2,1-4H3/b6-5+,12-7+/t13-,14+,15-,16+/m1/s1. The van der Waals surface area contributed by atoms with Gasteiger partial charge in [0, 0.05) is 13.0 Å². The summed E-state index contributed by atoms with van der Waals surface area (Å²) in [6.07, 6.45) is 7.57. The van der Waals surface area contributed by atoms with E-state index in [1.54, 1.807) is 7.11 Å². The van der Waals surface area contributed by atoms with Gasteiger partial charge in [-0.3, -0.25) is 0 Å². The van der Waals surface area contributed by atoms with Crippen LogP contribution in [0.2, 0.25) is 0 Å². The molecule has 2 fully saturated rings. The van der Waals surface area contributed by atoms with Crippen molar-refractivity contribution in [1.29, 1.82) is 0 Å². The number of methoxy groups -OCH3 is 1. The van der Waals surface area contributed by atoms with E-state index in [1.165, 1.54) is 5.57 Å². The molecule has 0 radical (unpaired) electrons. The van der Waals surface area contributed by atoms with Crippen LogP contribution in [-0.4, -0.2) is 36.6 Å². The molecular weight excluding hydrogens is 240 g/mol. The average molecular weight is 266 g/mol. The van der Waals surface area contributed by atoms with Crippen molar-refractivity contribution < 1.29 is 14.6 Å². The Morgan fingerprint density at radius 3 is 2.68 bits per heavy atom. The molecule has 4 atom stereocenters. The van der Waals surface area contributed by atoms with Gasteiger partial charge in [-0.2, -0.15) is 0 Å². The highest BCUT2D eigenvalue weighted by atomic mass is 16.6. The fraction of sp³-hybridized carbons (Fsp3) is 0.750. The van der Waals surface area contributed by atoms with Crippen molar-refractivity contribution >= 4 is 0 Å². The third-order valence-corrected chi connectivity index (χ3v) is 4.27. The number of aliphatic hydroxyl groups excluding tert-OH is 1. The number of hydrogen-bond donors (Lipinski definition) is 1. The SMILES string of the molecule is CO[C@@H]1[C@H](O)CC[C@]2(CO2)[C@H]1/C(C)=C/C=C/C(C)C. The Morgan fingerprint density at radius 1 is 1.47 bits per heavy atom. The van der Waals surface area contributed by atoms with Crippen molar-refractivity contribution in [2.75, 3.05) is 13.7 Å². The molecule has 3 heteroatoms. The zero-order valence-electron chi connectivity index (χ0n) is 12.4. The number of aliphatic hydroxyl groups is 1. The summed E-state index contributed by atoms with van der Waals surface area (Å²) >= 11 is 0. The lowest BCUT2D eigenvalue weighted by Crippen LogP contribution is -2.48. The molecule has 2 rings (SSSR count). The summed E-state index contributed by atoms with van der Waals surface area (Å²) in [4.78, 5) is 0. The first-order chi connectivity index (χ1) is 9.00. The fourth-order valence-electron chi connectivity index (χ4n) is 3.15. The molecule has 0 unspecified atom stereocenters. The lowest BCUT2D eigenvalue weighted by atomic mass is 9.72. The largest absolute Gasteiger partial charge is 0.390 e. The van der Waals surface area contributed by atoms with E-state index in [9.17, 15) is 5.11 Å². The van der Waals surface area contributed by atoms with Gasteiger partial charge in [-0.25, -0.2) is 0 Å². The molecule has 1 saturated carbocycles. The Kier molecular flexibility index (Phi) is 4.49. The average Bonchev–Trinajstić information content (AvgIpc) is 3.12. The molecule has 1 saturated heterocycles. The minimum Gasteiger partial charge on any atom is -0.390 e. The number of allylic oxidation sites excluding steroid dienone is 3. The second-order valence-electron chi connectivity index (χ2n) is 6.18. The van der Waals surface area contributed by atoms with Crippen molar-refractivity contribution in [1.82, 2.24) is 0 Å². The van der Waals surface area contributed by atoms with Gasteiger partial charge in [0.05, 0.1) is 18.8 Å². The lowest BCUT2D eigenvalue weighted by molar-refractivity contribution is -0.0849. The molecule has 1 heterocycles. The van der Waals surface area contributed by atoms with E-state index in [2.05, 4.69) is 39.0 Å². The van der Waals surface area contributed by atoms with Gasteiger partial charge in [0.25, 0.3) is 0 Å². The summed E-state index contributed by atoms with van der Waals surface area (Å²) in [6.45, 7) is 7.23. The number of hydrogen-bond acceptors (Lipinski definition) is 3. The van der Waals surface area contributed by atoms with Gasteiger partial charge < -0.3 is 14.6 Å². The van der Waals surface area contributed by atoms with Gasteiger partial charge in [-0.1, -0.05) is 37.6 Å². The van der Waals surface area contributed by atoms with E-state index in [4.69, 9.17) is 9.47 Å². The Morgan fingerprint density at radius 2 is 2.16 bits per heavy atom. The quantitative estimate of drug-likeness (QED) is 0.628. The Hall–Kier alpha value is -0.640. The summed E-state index contributed by atoms with van der Waals surface area (Å²) in [5, 5.41) is 10.1. The Bertz CT molecular complexity index is 366. The van der Waals surface area contributed by atoms with Crippen LogP contribution in [0.5, 0.6) is 0 Å². The van der Waals surface area contributed by atoms with E-state index < -0.39 is 0 Å². The van der Waals surface area contributed by atoms with Crippen LogP contribution in [0.1, 0.15) is 33.6 Å². The van der Waals surface area contributed by atoms with Crippen LogP contribution in [0.25, 0.3) is 0 Å². The van der Waals surface area contributed by atoms with Crippen molar-refractivity contribution in [2.24, 2.45) is 11.8 Å². The minimum absolute atomic E-state index is 0.0772. The van der Waals surface area contributed by atoms with Crippen LogP contribution < -0.4 is 0 Å². The van der Waals surface area contributed by atoms with E-state index >= 15 is 0 Å². The molecule has 1 N–H and O–H groups in total. The maximum absolute atomic E-state index is 10.1. The van der Waals surface area contributed by atoms with Gasteiger partial charge in [0.1, 0.15) is 5.60 Å². The van der Waals surface area contributed by atoms with Gasteiger partial charge in [-0.15, -0.1) is 0 Å². The highest BCUT2D eigenvalue weighted by Crippen LogP contribution is 2.49. The number of epoxide rings is 1. The van der Waals surface area contributed by atoms with E-state index in [0.29, 0.717) is 5.92 Å². The molecular formula is C16H26O3. The maximum atomic E-state index is 10.1. The molecule has 19 heavy (non-hydrogen) atoms. The Balaban J connectivity index is 2.17. The molecule has 3 nitrogen and oxygen atoms in total.